The van der Waals surface area contributed by atoms with Crippen molar-refractivity contribution < 1.29 is 4.39 Å². The maximum Gasteiger partial charge on any atom is 0.148 e. The lowest BCUT2D eigenvalue weighted by molar-refractivity contribution is 0.627. The van der Waals surface area contributed by atoms with E-state index in [1.165, 1.54) is 23.5 Å². The Morgan fingerprint density at radius 3 is 2.85 bits per heavy atom. The minimum absolute atomic E-state index is 0.224. The highest BCUT2D eigenvalue weighted by Crippen LogP contribution is 2.26. The van der Waals surface area contributed by atoms with Crippen LogP contribution in [0.3, 0.4) is 0 Å². The fourth-order valence-electron chi connectivity index (χ4n) is 0.953. The number of hydrogen-bond acceptors (Lipinski definition) is 3. The van der Waals surface area contributed by atoms with Gasteiger partial charge in [-0.2, -0.15) is 0 Å². The standard InChI is InChI=1S/C8H4FIN2S/c9-5-1-2-6(7(10)3-5)8-12-11-4-13-8/h1-4H. The third-order valence-corrected chi connectivity index (χ3v) is 3.14. The van der Waals surface area contributed by atoms with Gasteiger partial charge in [-0.3, -0.25) is 0 Å². The second-order valence-corrected chi connectivity index (χ2v) is 4.36. The summed E-state index contributed by atoms with van der Waals surface area (Å²) in [6.07, 6.45) is 0. The topological polar surface area (TPSA) is 25.8 Å². The molecule has 0 radical (unpaired) electrons. The summed E-state index contributed by atoms with van der Waals surface area (Å²) in [4.78, 5) is 0. The second-order valence-electron chi connectivity index (χ2n) is 2.37. The highest BCUT2D eigenvalue weighted by atomic mass is 127. The van der Waals surface area contributed by atoms with E-state index < -0.39 is 0 Å². The van der Waals surface area contributed by atoms with Gasteiger partial charge >= 0.3 is 0 Å². The van der Waals surface area contributed by atoms with Crippen molar-refractivity contribution >= 4 is 33.9 Å². The number of aromatic nitrogens is 2. The van der Waals surface area contributed by atoms with E-state index in [0.29, 0.717) is 0 Å². The Hall–Kier alpha value is -0.560. The van der Waals surface area contributed by atoms with Crippen molar-refractivity contribution in [3.8, 4) is 10.6 Å². The third kappa shape index (κ3) is 1.86. The van der Waals surface area contributed by atoms with Gasteiger partial charge in [0.05, 0.1) is 0 Å². The molecule has 0 N–H and O–H groups in total. The SMILES string of the molecule is Fc1ccc(-c2nncs2)c(I)c1. The molecule has 1 aromatic carbocycles. The van der Waals surface area contributed by atoms with Crippen molar-refractivity contribution in [1.82, 2.24) is 10.2 Å². The molecule has 1 heterocycles. The van der Waals surface area contributed by atoms with Crippen molar-refractivity contribution in [2.75, 3.05) is 0 Å². The van der Waals surface area contributed by atoms with Crippen LogP contribution in [0.2, 0.25) is 0 Å². The molecule has 0 amide bonds. The van der Waals surface area contributed by atoms with Crippen LogP contribution in [0.25, 0.3) is 10.6 Å². The van der Waals surface area contributed by atoms with Gasteiger partial charge in [0.25, 0.3) is 0 Å². The van der Waals surface area contributed by atoms with Crippen molar-refractivity contribution in [1.29, 1.82) is 0 Å². The van der Waals surface area contributed by atoms with E-state index in [0.717, 1.165) is 14.1 Å². The molecule has 66 valence electrons. The van der Waals surface area contributed by atoms with Crippen LogP contribution >= 0.6 is 33.9 Å². The fourth-order valence-corrected chi connectivity index (χ4v) is 2.46. The molecule has 0 unspecified atom stereocenters. The van der Waals surface area contributed by atoms with Gasteiger partial charge in [0.15, 0.2) is 0 Å². The van der Waals surface area contributed by atoms with E-state index >= 15 is 0 Å². The number of nitrogens with zero attached hydrogens (tertiary/aromatic N) is 2. The number of benzene rings is 1. The first-order valence-corrected chi connectivity index (χ1v) is 5.45. The Bertz CT molecular complexity index is 416. The first-order valence-electron chi connectivity index (χ1n) is 3.49. The quantitative estimate of drug-likeness (QED) is 0.757. The van der Waals surface area contributed by atoms with Gasteiger partial charge in [-0.15, -0.1) is 10.2 Å². The highest BCUT2D eigenvalue weighted by Gasteiger charge is 2.06. The molecule has 2 aromatic rings. The molecule has 0 atom stereocenters. The lowest BCUT2D eigenvalue weighted by Crippen LogP contribution is -1.84. The zero-order valence-corrected chi connectivity index (χ0v) is 9.34. The number of hydrogen-bond donors (Lipinski definition) is 0. The molecular formula is C8H4FIN2S. The molecule has 0 bridgehead atoms. The van der Waals surface area contributed by atoms with E-state index in [9.17, 15) is 4.39 Å². The summed E-state index contributed by atoms with van der Waals surface area (Å²) >= 11 is 3.53. The average molecular weight is 306 g/mol. The molecule has 0 aliphatic heterocycles. The van der Waals surface area contributed by atoms with E-state index in [1.54, 1.807) is 11.6 Å². The van der Waals surface area contributed by atoms with Gasteiger partial charge in [0.1, 0.15) is 16.3 Å². The molecule has 0 saturated heterocycles. The van der Waals surface area contributed by atoms with Crippen LogP contribution in [-0.2, 0) is 0 Å². The summed E-state index contributed by atoms with van der Waals surface area (Å²) in [5.74, 6) is -0.224. The minimum atomic E-state index is -0.224. The average Bonchev–Trinajstić information content (AvgIpc) is 2.56. The zero-order valence-electron chi connectivity index (χ0n) is 6.37. The van der Waals surface area contributed by atoms with E-state index in [-0.39, 0.29) is 5.82 Å². The molecule has 1 aromatic heterocycles. The smallest absolute Gasteiger partial charge is 0.148 e. The molecule has 5 heteroatoms. The number of halogens is 2. The van der Waals surface area contributed by atoms with Crippen molar-refractivity contribution in [3.05, 3.63) is 33.1 Å². The lowest BCUT2D eigenvalue weighted by Gasteiger charge is -1.98. The van der Waals surface area contributed by atoms with Crippen molar-refractivity contribution in [2.45, 2.75) is 0 Å². The lowest BCUT2D eigenvalue weighted by atomic mass is 10.2. The van der Waals surface area contributed by atoms with Crippen LogP contribution in [0.15, 0.2) is 23.7 Å². The molecule has 0 fully saturated rings. The minimum Gasteiger partial charge on any atom is -0.207 e. The maximum atomic E-state index is 12.8. The largest absolute Gasteiger partial charge is 0.207 e. The van der Waals surface area contributed by atoms with E-state index in [1.807, 2.05) is 0 Å². The van der Waals surface area contributed by atoms with E-state index in [4.69, 9.17) is 0 Å². The molecule has 0 aliphatic carbocycles. The Morgan fingerprint density at radius 2 is 2.23 bits per heavy atom. The first-order chi connectivity index (χ1) is 6.27. The van der Waals surface area contributed by atoms with Crippen molar-refractivity contribution in [2.24, 2.45) is 0 Å². The van der Waals surface area contributed by atoms with E-state index in [2.05, 4.69) is 32.8 Å². The Labute approximate surface area is 92.0 Å². The highest BCUT2D eigenvalue weighted by molar-refractivity contribution is 14.1. The van der Waals surface area contributed by atoms with Gasteiger partial charge in [0.2, 0.25) is 0 Å². The molecule has 13 heavy (non-hydrogen) atoms. The predicted molar refractivity (Wildman–Crippen MR) is 58.0 cm³/mol. The van der Waals surface area contributed by atoms with Crippen LogP contribution in [0, 0.1) is 9.39 Å². The van der Waals surface area contributed by atoms with Crippen LogP contribution in [0.5, 0.6) is 0 Å². The van der Waals surface area contributed by atoms with Crippen molar-refractivity contribution in [3.63, 3.8) is 0 Å². The predicted octanol–water partition coefficient (Wildman–Crippen LogP) is 2.95. The van der Waals surface area contributed by atoms with Crippen LogP contribution in [-0.4, -0.2) is 10.2 Å². The van der Waals surface area contributed by atoms with Gasteiger partial charge in [-0.1, -0.05) is 11.3 Å². The van der Waals surface area contributed by atoms with Crippen LogP contribution in [0.4, 0.5) is 4.39 Å². The summed E-state index contributed by atoms with van der Waals surface area (Å²) in [6, 6.07) is 4.63. The Balaban J connectivity index is 2.53. The third-order valence-electron chi connectivity index (χ3n) is 1.52. The summed E-state index contributed by atoms with van der Waals surface area (Å²) in [5.41, 5.74) is 2.60. The summed E-state index contributed by atoms with van der Waals surface area (Å²) in [5, 5.41) is 8.48. The molecule has 0 spiro atoms. The normalized spacial score (nSPS) is 10.3. The molecule has 2 rings (SSSR count). The molecule has 0 aliphatic rings. The zero-order chi connectivity index (χ0) is 9.26. The van der Waals surface area contributed by atoms with Gasteiger partial charge in [0, 0.05) is 9.13 Å². The second kappa shape index (κ2) is 3.67. The first kappa shape index (κ1) is 9.01. The van der Waals surface area contributed by atoms with Crippen LogP contribution < -0.4 is 0 Å². The monoisotopic (exact) mass is 306 g/mol. The fraction of sp³-hybridized carbons (Fsp3) is 0. The van der Waals surface area contributed by atoms with Gasteiger partial charge in [-0.05, 0) is 40.8 Å². The number of rotatable bonds is 1. The molecule has 2 nitrogen and oxygen atoms in total. The van der Waals surface area contributed by atoms with Gasteiger partial charge < -0.3 is 0 Å². The summed E-state index contributed by atoms with van der Waals surface area (Å²) in [6.45, 7) is 0. The van der Waals surface area contributed by atoms with Crippen LogP contribution in [0.1, 0.15) is 0 Å². The summed E-state index contributed by atoms with van der Waals surface area (Å²) in [7, 11) is 0. The molecular weight excluding hydrogens is 302 g/mol. The summed E-state index contributed by atoms with van der Waals surface area (Å²) < 4.78 is 13.6. The Morgan fingerprint density at radius 1 is 1.38 bits per heavy atom. The van der Waals surface area contributed by atoms with Gasteiger partial charge in [-0.25, -0.2) is 4.39 Å². The molecule has 0 saturated carbocycles. The Kier molecular flexibility index (Phi) is 2.54. The maximum absolute atomic E-state index is 12.8.